The fourth-order valence-electron chi connectivity index (χ4n) is 2.59. The van der Waals surface area contributed by atoms with E-state index in [0.717, 1.165) is 16.8 Å². The second kappa shape index (κ2) is 8.57. The largest absolute Gasteiger partial charge is 0.487 e. The van der Waals surface area contributed by atoms with Crippen LogP contribution in [0.15, 0.2) is 55.4 Å². The predicted octanol–water partition coefficient (Wildman–Crippen LogP) is 2.78. The zero-order chi connectivity index (χ0) is 20.1. The van der Waals surface area contributed by atoms with E-state index in [1.807, 2.05) is 19.1 Å². The predicted molar refractivity (Wildman–Crippen MR) is 106 cm³/mol. The van der Waals surface area contributed by atoms with Crippen LogP contribution in [0.5, 0.6) is 5.75 Å². The van der Waals surface area contributed by atoms with Crippen molar-refractivity contribution >= 4 is 23.2 Å². The minimum atomic E-state index is -0.178. The lowest BCUT2D eigenvalue weighted by molar-refractivity contribution is 0.193. The van der Waals surface area contributed by atoms with Gasteiger partial charge in [-0.15, -0.1) is 5.10 Å². The quantitative estimate of drug-likeness (QED) is 0.491. The molecule has 0 saturated carbocycles. The molecule has 1 atom stereocenters. The summed E-state index contributed by atoms with van der Waals surface area (Å²) in [6.45, 7) is 2.42. The number of rotatable bonds is 7. The van der Waals surface area contributed by atoms with E-state index in [0.29, 0.717) is 23.3 Å². The summed E-state index contributed by atoms with van der Waals surface area (Å²) in [6.07, 6.45) is 7.99. The lowest BCUT2D eigenvalue weighted by Gasteiger charge is -2.16. The SMILES string of the molecule is CC(Cn1cnnn1)Oc1cc(-c2cnc(Nc3ccnnc3)nc2)ccc1Cl. The van der Waals surface area contributed by atoms with Gasteiger partial charge in [0.1, 0.15) is 18.2 Å². The van der Waals surface area contributed by atoms with Crippen molar-refractivity contribution in [3.8, 4) is 16.9 Å². The van der Waals surface area contributed by atoms with Crippen LogP contribution in [0.3, 0.4) is 0 Å². The van der Waals surface area contributed by atoms with Gasteiger partial charge in [-0.05, 0) is 41.1 Å². The van der Waals surface area contributed by atoms with Crippen LogP contribution in [0.4, 0.5) is 11.6 Å². The third kappa shape index (κ3) is 4.79. The van der Waals surface area contributed by atoms with Crippen molar-refractivity contribution in [3.05, 3.63) is 60.4 Å². The van der Waals surface area contributed by atoms with Gasteiger partial charge in [-0.3, -0.25) is 0 Å². The summed E-state index contributed by atoms with van der Waals surface area (Å²) in [5.74, 6) is 1.03. The van der Waals surface area contributed by atoms with E-state index in [4.69, 9.17) is 16.3 Å². The Balaban J connectivity index is 1.47. The van der Waals surface area contributed by atoms with Gasteiger partial charge in [0.2, 0.25) is 5.95 Å². The lowest BCUT2D eigenvalue weighted by atomic mass is 10.1. The number of anilines is 2. The van der Waals surface area contributed by atoms with Crippen molar-refractivity contribution in [1.29, 1.82) is 0 Å². The van der Waals surface area contributed by atoms with Gasteiger partial charge in [-0.2, -0.15) is 10.2 Å². The summed E-state index contributed by atoms with van der Waals surface area (Å²) in [4.78, 5) is 8.69. The number of tetrazole rings is 1. The number of hydrogen-bond acceptors (Lipinski definition) is 9. The van der Waals surface area contributed by atoms with Crippen molar-refractivity contribution in [2.75, 3.05) is 5.32 Å². The van der Waals surface area contributed by atoms with Crippen molar-refractivity contribution in [1.82, 2.24) is 40.4 Å². The second-order valence-electron chi connectivity index (χ2n) is 6.16. The smallest absolute Gasteiger partial charge is 0.227 e. The highest BCUT2D eigenvalue weighted by molar-refractivity contribution is 6.32. The van der Waals surface area contributed by atoms with E-state index in [1.165, 1.54) is 6.33 Å². The molecule has 0 aliphatic rings. The zero-order valence-corrected chi connectivity index (χ0v) is 16.1. The number of halogens is 1. The molecular formula is C18H16ClN9O. The molecule has 11 heteroatoms. The first-order chi connectivity index (χ1) is 14.2. The van der Waals surface area contributed by atoms with Gasteiger partial charge < -0.3 is 10.1 Å². The van der Waals surface area contributed by atoms with Crippen LogP contribution in [0.2, 0.25) is 5.02 Å². The summed E-state index contributed by atoms with van der Waals surface area (Å²) >= 11 is 6.30. The van der Waals surface area contributed by atoms with E-state index < -0.39 is 0 Å². The van der Waals surface area contributed by atoms with Crippen molar-refractivity contribution in [2.45, 2.75) is 19.6 Å². The van der Waals surface area contributed by atoms with E-state index in [-0.39, 0.29) is 6.10 Å². The second-order valence-corrected chi connectivity index (χ2v) is 6.56. The summed E-state index contributed by atoms with van der Waals surface area (Å²) in [5.41, 5.74) is 2.47. The minimum Gasteiger partial charge on any atom is -0.487 e. The van der Waals surface area contributed by atoms with E-state index in [1.54, 1.807) is 41.6 Å². The van der Waals surface area contributed by atoms with Crippen LogP contribution >= 0.6 is 11.6 Å². The Bertz CT molecular complexity index is 1060. The average molecular weight is 410 g/mol. The molecule has 3 heterocycles. The Hall–Kier alpha value is -3.66. The highest BCUT2D eigenvalue weighted by Crippen LogP contribution is 2.31. The van der Waals surface area contributed by atoms with Crippen LogP contribution in [0.25, 0.3) is 11.1 Å². The minimum absolute atomic E-state index is 0.178. The first kappa shape index (κ1) is 18.7. The summed E-state index contributed by atoms with van der Waals surface area (Å²) in [6, 6.07) is 7.31. The third-order valence-corrected chi connectivity index (χ3v) is 4.23. The molecule has 29 heavy (non-hydrogen) atoms. The molecule has 0 saturated heterocycles. The van der Waals surface area contributed by atoms with Crippen molar-refractivity contribution < 1.29 is 4.74 Å². The number of nitrogens with one attached hydrogen (secondary N) is 1. The first-order valence-electron chi connectivity index (χ1n) is 8.70. The maximum atomic E-state index is 6.30. The molecule has 10 nitrogen and oxygen atoms in total. The molecule has 4 aromatic rings. The Kier molecular flexibility index (Phi) is 5.52. The topological polar surface area (TPSA) is 116 Å². The number of aromatic nitrogens is 8. The molecular weight excluding hydrogens is 394 g/mol. The molecule has 0 spiro atoms. The summed E-state index contributed by atoms with van der Waals surface area (Å²) in [7, 11) is 0. The van der Waals surface area contributed by atoms with Crippen LogP contribution in [-0.4, -0.2) is 46.5 Å². The van der Waals surface area contributed by atoms with E-state index in [9.17, 15) is 0 Å². The molecule has 0 aliphatic carbocycles. The molecule has 0 bridgehead atoms. The third-order valence-electron chi connectivity index (χ3n) is 3.92. The molecule has 146 valence electrons. The molecule has 3 aromatic heterocycles. The van der Waals surface area contributed by atoms with Gasteiger partial charge in [0.05, 0.1) is 29.6 Å². The number of benzene rings is 1. The van der Waals surface area contributed by atoms with Gasteiger partial charge in [-0.1, -0.05) is 17.7 Å². The van der Waals surface area contributed by atoms with Gasteiger partial charge in [0.15, 0.2) is 0 Å². The number of hydrogen-bond donors (Lipinski definition) is 1. The van der Waals surface area contributed by atoms with E-state index >= 15 is 0 Å². The normalized spacial score (nSPS) is 11.8. The zero-order valence-electron chi connectivity index (χ0n) is 15.3. The van der Waals surface area contributed by atoms with Crippen LogP contribution in [-0.2, 0) is 6.54 Å². The maximum Gasteiger partial charge on any atom is 0.227 e. The molecule has 0 radical (unpaired) electrons. The highest BCUT2D eigenvalue weighted by atomic mass is 35.5. The number of ether oxygens (including phenoxy) is 1. The van der Waals surface area contributed by atoms with Crippen LogP contribution in [0.1, 0.15) is 6.92 Å². The van der Waals surface area contributed by atoms with Gasteiger partial charge in [0.25, 0.3) is 0 Å². The van der Waals surface area contributed by atoms with E-state index in [2.05, 4.69) is 41.0 Å². The highest BCUT2D eigenvalue weighted by Gasteiger charge is 2.11. The molecule has 0 amide bonds. The van der Waals surface area contributed by atoms with Gasteiger partial charge in [0, 0.05) is 18.0 Å². The fourth-order valence-corrected chi connectivity index (χ4v) is 2.75. The average Bonchev–Trinajstić information content (AvgIpc) is 3.24. The fraction of sp³-hybridized carbons (Fsp3) is 0.167. The maximum absolute atomic E-state index is 6.30. The standard InChI is InChI=1S/C18H16ClN9O/c1-12(10-28-11-24-26-27-28)29-17-6-13(2-3-16(17)19)14-7-20-18(21-8-14)25-15-4-5-22-23-9-15/h2-9,11-12H,10H2,1H3,(H,20,21,22,25). The molecule has 1 N–H and O–H groups in total. The lowest BCUT2D eigenvalue weighted by Crippen LogP contribution is -2.20. The molecule has 4 rings (SSSR count). The summed E-state index contributed by atoms with van der Waals surface area (Å²) < 4.78 is 7.57. The Morgan fingerprint density at radius 2 is 1.93 bits per heavy atom. The number of nitrogens with zero attached hydrogens (tertiary/aromatic N) is 8. The Morgan fingerprint density at radius 1 is 1.07 bits per heavy atom. The van der Waals surface area contributed by atoms with Crippen molar-refractivity contribution in [3.63, 3.8) is 0 Å². The molecule has 0 fully saturated rings. The first-order valence-corrected chi connectivity index (χ1v) is 9.08. The Labute approximate surface area is 170 Å². The summed E-state index contributed by atoms with van der Waals surface area (Å²) in [5, 5.41) is 22.2. The monoisotopic (exact) mass is 409 g/mol. The van der Waals surface area contributed by atoms with Crippen LogP contribution in [0, 0.1) is 0 Å². The molecule has 1 aromatic carbocycles. The van der Waals surface area contributed by atoms with Gasteiger partial charge in [-0.25, -0.2) is 14.6 Å². The molecule has 0 aliphatic heterocycles. The van der Waals surface area contributed by atoms with Gasteiger partial charge >= 0.3 is 0 Å². The Morgan fingerprint density at radius 3 is 2.66 bits per heavy atom. The van der Waals surface area contributed by atoms with Crippen LogP contribution < -0.4 is 10.1 Å². The molecule has 1 unspecified atom stereocenters. The van der Waals surface area contributed by atoms with Crippen molar-refractivity contribution in [2.24, 2.45) is 0 Å².